The summed E-state index contributed by atoms with van der Waals surface area (Å²) in [6, 6.07) is 23.1. The molecule has 0 amide bonds. The quantitative estimate of drug-likeness (QED) is 0.660. The summed E-state index contributed by atoms with van der Waals surface area (Å²) < 4.78 is 5.91. The number of nitrogens with zero attached hydrogens (tertiary/aromatic N) is 2. The molecular weight excluding hydrogens is 296 g/mol. The fraction of sp³-hybridized carbons (Fsp3) is 0.190. The first-order chi connectivity index (χ1) is 11.7. The van der Waals surface area contributed by atoms with E-state index in [1.54, 1.807) is 0 Å². The molecule has 3 nitrogen and oxygen atoms in total. The number of anilines is 1. The summed E-state index contributed by atoms with van der Waals surface area (Å²) in [5.41, 5.74) is 4.52. The van der Waals surface area contributed by atoms with Gasteiger partial charge in [0.15, 0.2) is 5.76 Å². The van der Waals surface area contributed by atoms with E-state index >= 15 is 0 Å². The van der Waals surface area contributed by atoms with Crippen LogP contribution in [0, 0.1) is 13.8 Å². The zero-order chi connectivity index (χ0) is 16.5. The van der Waals surface area contributed by atoms with Crippen LogP contribution in [0.25, 0.3) is 0 Å². The summed E-state index contributed by atoms with van der Waals surface area (Å²) in [6.07, 6.45) is 0.840. The van der Waals surface area contributed by atoms with Gasteiger partial charge in [-0.1, -0.05) is 48.5 Å². The number of hydrogen-bond acceptors (Lipinski definition) is 3. The van der Waals surface area contributed by atoms with E-state index in [1.165, 1.54) is 5.56 Å². The van der Waals surface area contributed by atoms with E-state index in [0.717, 1.165) is 34.9 Å². The second-order valence-corrected chi connectivity index (χ2v) is 6.23. The maximum Gasteiger partial charge on any atom is 0.153 e. The molecule has 0 saturated carbocycles. The van der Waals surface area contributed by atoms with Gasteiger partial charge < -0.3 is 4.42 Å². The molecule has 0 radical (unpaired) electrons. The van der Waals surface area contributed by atoms with Crippen LogP contribution in [0.3, 0.4) is 0 Å². The van der Waals surface area contributed by atoms with Gasteiger partial charge in [-0.3, -0.25) is 5.01 Å². The number of para-hydroxylation sites is 1. The molecule has 120 valence electrons. The molecule has 1 aromatic heterocycles. The molecule has 3 heteroatoms. The Kier molecular flexibility index (Phi) is 3.69. The Labute approximate surface area is 142 Å². The normalized spacial score (nSPS) is 17.2. The molecule has 0 saturated heterocycles. The number of furan rings is 1. The summed E-state index contributed by atoms with van der Waals surface area (Å²) in [5.74, 6) is 1.84. The molecule has 0 fully saturated rings. The van der Waals surface area contributed by atoms with Crippen molar-refractivity contribution in [2.45, 2.75) is 26.3 Å². The van der Waals surface area contributed by atoms with Crippen molar-refractivity contribution in [3.63, 3.8) is 0 Å². The third-order valence-electron chi connectivity index (χ3n) is 4.42. The van der Waals surface area contributed by atoms with Crippen LogP contribution in [-0.2, 0) is 0 Å². The van der Waals surface area contributed by atoms with Gasteiger partial charge in [0.1, 0.15) is 11.5 Å². The number of rotatable bonds is 3. The van der Waals surface area contributed by atoms with Gasteiger partial charge in [0.2, 0.25) is 0 Å². The van der Waals surface area contributed by atoms with Crippen LogP contribution in [0.2, 0.25) is 0 Å². The Morgan fingerprint density at radius 2 is 1.62 bits per heavy atom. The molecule has 2 aromatic carbocycles. The predicted molar refractivity (Wildman–Crippen MR) is 97.4 cm³/mol. The monoisotopic (exact) mass is 316 g/mol. The number of benzene rings is 2. The molecule has 1 aliphatic heterocycles. The average Bonchev–Trinajstić information content (AvgIpc) is 3.19. The molecule has 1 unspecified atom stereocenters. The van der Waals surface area contributed by atoms with Gasteiger partial charge in [0, 0.05) is 6.42 Å². The van der Waals surface area contributed by atoms with Crippen molar-refractivity contribution in [2.24, 2.45) is 5.10 Å². The van der Waals surface area contributed by atoms with E-state index < -0.39 is 0 Å². The largest absolute Gasteiger partial charge is 0.460 e. The zero-order valence-corrected chi connectivity index (χ0v) is 13.9. The molecule has 0 spiro atoms. The third kappa shape index (κ3) is 2.62. The van der Waals surface area contributed by atoms with Gasteiger partial charge in [-0.25, -0.2) is 0 Å². The van der Waals surface area contributed by atoms with Crippen molar-refractivity contribution >= 4 is 11.4 Å². The first kappa shape index (κ1) is 14.8. The van der Waals surface area contributed by atoms with E-state index in [9.17, 15) is 0 Å². The standard InChI is InChI=1S/C21H20N2O/c1-15-13-16(2)24-21(15)19-14-20(17-9-5-3-6-10-17)23(22-19)18-11-7-4-8-12-18/h3-13,20H,14H2,1-2H3. The summed E-state index contributed by atoms with van der Waals surface area (Å²) in [7, 11) is 0. The van der Waals surface area contributed by atoms with Crippen molar-refractivity contribution in [1.29, 1.82) is 0 Å². The maximum absolute atomic E-state index is 5.91. The molecule has 4 rings (SSSR count). The van der Waals surface area contributed by atoms with Gasteiger partial charge in [0.05, 0.1) is 11.7 Å². The van der Waals surface area contributed by atoms with Crippen molar-refractivity contribution < 1.29 is 4.42 Å². The van der Waals surface area contributed by atoms with E-state index in [-0.39, 0.29) is 6.04 Å². The van der Waals surface area contributed by atoms with Gasteiger partial charge in [-0.15, -0.1) is 0 Å². The van der Waals surface area contributed by atoms with Gasteiger partial charge in [0.25, 0.3) is 0 Å². The SMILES string of the molecule is Cc1cc(C)c(C2=NN(c3ccccc3)C(c3ccccc3)C2)o1. The van der Waals surface area contributed by atoms with Crippen LogP contribution in [-0.4, -0.2) is 5.71 Å². The van der Waals surface area contributed by atoms with Gasteiger partial charge >= 0.3 is 0 Å². The summed E-state index contributed by atoms with van der Waals surface area (Å²) in [6.45, 7) is 4.06. The molecular formula is C21H20N2O. The molecule has 0 aliphatic carbocycles. The highest BCUT2D eigenvalue weighted by Crippen LogP contribution is 2.37. The summed E-state index contributed by atoms with van der Waals surface area (Å²) in [4.78, 5) is 0. The molecule has 2 heterocycles. The lowest BCUT2D eigenvalue weighted by molar-refractivity contribution is 0.522. The molecule has 1 aliphatic rings. The van der Waals surface area contributed by atoms with E-state index in [1.807, 2.05) is 31.2 Å². The highest BCUT2D eigenvalue weighted by molar-refractivity contribution is 6.02. The van der Waals surface area contributed by atoms with E-state index in [0.29, 0.717) is 0 Å². The van der Waals surface area contributed by atoms with Crippen LogP contribution < -0.4 is 5.01 Å². The highest BCUT2D eigenvalue weighted by atomic mass is 16.3. The van der Waals surface area contributed by atoms with Crippen molar-refractivity contribution in [2.75, 3.05) is 5.01 Å². The van der Waals surface area contributed by atoms with Gasteiger partial charge in [-0.05, 0) is 43.2 Å². The second-order valence-electron chi connectivity index (χ2n) is 6.23. The fourth-order valence-corrected chi connectivity index (χ4v) is 3.33. The Morgan fingerprint density at radius 3 is 2.25 bits per heavy atom. The third-order valence-corrected chi connectivity index (χ3v) is 4.42. The topological polar surface area (TPSA) is 28.7 Å². The minimum Gasteiger partial charge on any atom is -0.460 e. The number of aryl methyl sites for hydroxylation is 2. The van der Waals surface area contributed by atoms with Crippen LogP contribution in [0.4, 0.5) is 5.69 Å². The molecule has 3 aromatic rings. The van der Waals surface area contributed by atoms with Crippen molar-refractivity contribution in [1.82, 2.24) is 0 Å². The minimum absolute atomic E-state index is 0.188. The van der Waals surface area contributed by atoms with E-state index in [4.69, 9.17) is 9.52 Å². The lowest BCUT2D eigenvalue weighted by Gasteiger charge is -2.23. The molecule has 24 heavy (non-hydrogen) atoms. The number of hydrazone groups is 1. The Morgan fingerprint density at radius 1 is 0.958 bits per heavy atom. The first-order valence-electron chi connectivity index (χ1n) is 8.26. The number of hydrogen-bond donors (Lipinski definition) is 0. The predicted octanol–water partition coefficient (Wildman–Crippen LogP) is 5.25. The van der Waals surface area contributed by atoms with Crippen LogP contribution in [0.1, 0.15) is 35.1 Å². The average molecular weight is 316 g/mol. The lowest BCUT2D eigenvalue weighted by Crippen LogP contribution is -2.18. The van der Waals surface area contributed by atoms with Gasteiger partial charge in [-0.2, -0.15) is 5.10 Å². The van der Waals surface area contributed by atoms with Crippen molar-refractivity contribution in [3.05, 3.63) is 89.4 Å². The van der Waals surface area contributed by atoms with Crippen LogP contribution in [0.15, 0.2) is 76.2 Å². The Balaban J connectivity index is 1.77. The van der Waals surface area contributed by atoms with Crippen LogP contribution >= 0.6 is 0 Å². The Hall–Kier alpha value is -2.81. The fourth-order valence-electron chi connectivity index (χ4n) is 3.33. The van der Waals surface area contributed by atoms with E-state index in [2.05, 4.69) is 54.4 Å². The molecule has 0 N–H and O–H groups in total. The van der Waals surface area contributed by atoms with Crippen molar-refractivity contribution in [3.8, 4) is 0 Å². The minimum atomic E-state index is 0.188. The van der Waals surface area contributed by atoms with Crippen LogP contribution in [0.5, 0.6) is 0 Å². The highest BCUT2D eigenvalue weighted by Gasteiger charge is 2.31. The molecule has 0 bridgehead atoms. The maximum atomic E-state index is 5.91. The smallest absolute Gasteiger partial charge is 0.153 e. The summed E-state index contributed by atoms with van der Waals surface area (Å²) >= 11 is 0. The lowest BCUT2D eigenvalue weighted by atomic mass is 10.00. The first-order valence-corrected chi connectivity index (χ1v) is 8.26. The zero-order valence-electron chi connectivity index (χ0n) is 13.9. The second kappa shape index (κ2) is 6.00. The Bertz CT molecular complexity index is 865. The molecule has 1 atom stereocenters. The summed E-state index contributed by atoms with van der Waals surface area (Å²) in [5, 5.41) is 7.03.